The van der Waals surface area contributed by atoms with Crippen molar-refractivity contribution in [2.75, 3.05) is 19.5 Å². The molecule has 1 atom stereocenters. The average molecular weight is 366 g/mol. The van der Waals surface area contributed by atoms with Crippen molar-refractivity contribution in [1.29, 1.82) is 0 Å². The molecule has 0 bridgehead atoms. The Balaban J connectivity index is 4.81. The highest BCUT2D eigenvalue weighted by Crippen LogP contribution is 2.46. The van der Waals surface area contributed by atoms with Crippen LogP contribution < -0.4 is 10.6 Å². The van der Waals surface area contributed by atoms with Gasteiger partial charge in [0.15, 0.2) is 0 Å². The minimum atomic E-state index is -3.39. The van der Waals surface area contributed by atoms with Crippen molar-refractivity contribution in [2.45, 2.75) is 60.1 Å². The second kappa shape index (κ2) is 10.0. The lowest BCUT2D eigenvalue weighted by Crippen LogP contribution is -2.51. The fourth-order valence-electron chi connectivity index (χ4n) is 1.78. The van der Waals surface area contributed by atoms with E-state index in [0.717, 1.165) is 0 Å². The summed E-state index contributed by atoms with van der Waals surface area (Å²) in [6.45, 7) is 12.6. The van der Waals surface area contributed by atoms with Crippen LogP contribution >= 0.6 is 7.60 Å². The van der Waals surface area contributed by atoms with Gasteiger partial charge in [-0.25, -0.2) is 4.79 Å². The second-order valence-electron chi connectivity index (χ2n) is 6.51. The smallest absolute Gasteiger partial charge is 0.408 e. The normalized spacial score (nSPS) is 13.5. The van der Waals surface area contributed by atoms with E-state index in [4.69, 9.17) is 13.8 Å². The number of amides is 2. The van der Waals surface area contributed by atoms with Crippen molar-refractivity contribution in [1.82, 2.24) is 10.6 Å². The van der Waals surface area contributed by atoms with Gasteiger partial charge in [-0.1, -0.05) is 13.8 Å². The first-order chi connectivity index (χ1) is 10.9. The van der Waals surface area contributed by atoms with Gasteiger partial charge in [0.05, 0.1) is 13.2 Å². The monoisotopic (exact) mass is 366 g/mol. The topological polar surface area (TPSA) is 103 Å². The lowest BCUT2D eigenvalue weighted by Gasteiger charge is -2.25. The fraction of sp³-hybridized carbons (Fsp3) is 0.867. The van der Waals surface area contributed by atoms with Gasteiger partial charge >= 0.3 is 13.7 Å². The van der Waals surface area contributed by atoms with E-state index in [1.807, 2.05) is 0 Å². The molecule has 0 saturated carbocycles. The first kappa shape index (κ1) is 22.9. The predicted molar refractivity (Wildman–Crippen MR) is 91.9 cm³/mol. The molecule has 0 rings (SSSR count). The maximum absolute atomic E-state index is 12.3. The van der Waals surface area contributed by atoms with Crippen molar-refractivity contribution in [3.05, 3.63) is 0 Å². The largest absolute Gasteiger partial charge is 0.444 e. The van der Waals surface area contributed by atoms with Crippen molar-refractivity contribution in [3.63, 3.8) is 0 Å². The van der Waals surface area contributed by atoms with E-state index in [-0.39, 0.29) is 25.4 Å². The molecule has 0 radical (unpaired) electrons. The van der Waals surface area contributed by atoms with Crippen LogP contribution in [-0.2, 0) is 23.1 Å². The molecule has 0 aliphatic heterocycles. The summed E-state index contributed by atoms with van der Waals surface area (Å²) in [6.07, 6.45) is -0.943. The third kappa shape index (κ3) is 9.25. The molecule has 0 aromatic rings. The van der Waals surface area contributed by atoms with Gasteiger partial charge in [-0.3, -0.25) is 9.36 Å². The standard InChI is InChI=1S/C15H31N2O6P/c1-8-21-24(20,22-9-2)10-16-13(18)12(11(3)4)17-14(19)23-15(5,6)7/h11-12H,8-10H2,1-7H3,(H,16,18)(H,17,19). The zero-order valence-corrected chi connectivity index (χ0v) is 16.6. The first-order valence-electron chi connectivity index (χ1n) is 8.09. The van der Waals surface area contributed by atoms with Gasteiger partial charge in [-0.15, -0.1) is 0 Å². The zero-order valence-electron chi connectivity index (χ0n) is 15.7. The van der Waals surface area contributed by atoms with Crippen LogP contribution in [0.1, 0.15) is 48.5 Å². The Morgan fingerprint density at radius 2 is 1.58 bits per heavy atom. The van der Waals surface area contributed by atoms with Crippen LogP contribution in [0.5, 0.6) is 0 Å². The van der Waals surface area contributed by atoms with Crippen LogP contribution in [0.15, 0.2) is 0 Å². The van der Waals surface area contributed by atoms with Crippen LogP contribution in [0.3, 0.4) is 0 Å². The molecule has 0 aromatic heterocycles. The van der Waals surface area contributed by atoms with E-state index in [1.54, 1.807) is 48.5 Å². The number of alkyl carbamates (subject to hydrolysis) is 1. The number of carbonyl (C=O) groups excluding carboxylic acids is 2. The van der Waals surface area contributed by atoms with Crippen LogP contribution in [0.25, 0.3) is 0 Å². The summed E-state index contributed by atoms with van der Waals surface area (Å²) in [5.74, 6) is -0.661. The molecule has 1 unspecified atom stereocenters. The molecular formula is C15H31N2O6P. The Hall–Kier alpha value is -1.11. The Morgan fingerprint density at radius 1 is 1.08 bits per heavy atom. The van der Waals surface area contributed by atoms with E-state index >= 15 is 0 Å². The SMILES string of the molecule is CCOP(=O)(CNC(=O)C(NC(=O)OC(C)(C)C)C(C)C)OCC. The maximum atomic E-state index is 12.3. The van der Waals surface area contributed by atoms with Crippen LogP contribution in [0.2, 0.25) is 0 Å². The first-order valence-corrected chi connectivity index (χ1v) is 9.82. The van der Waals surface area contributed by atoms with Crippen LogP contribution in [-0.4, -0.2) is 43.1 Å². The lowest BCUT2D eigenvalue weighted by molar-refractivity contribution is -0.124. The summed E-state index contributed by atoms with van der Waals surface area (Å²) in [7, 11) is -3.39. The molecule has 0 spiro atoms. The molecule has 24 heavy (non-hydrogen) atoms. The summed E-state index contributed by atoms with van der Waals surface area (Å²) in [6, 6.07) is -0.823. The number of carbonyl (C=O) groups is 2. The van der Waals surface area contributed by atoms with Gasteiger partial charge < -0.3 is 24.4 Å². The predicted octanol–water partition coefficient (Wildman–Crippen LogP) is 2.88. The molecule has 142 valence electrons. The third-order valence-electron chi connectivity index (χ3n) is 2.72. The van der Waals surface area contributed by atoms with Crippen molar-refractivity contribution < 1.29 is 27.9 Å². The zero-order chi connectivity index (χ0) is 19.0. The molecule has 0 aromatic carbocycles. The number of ether oxygens (including phenoxy) is 1. The highest BCUT2D eigenvalue weighted by Gasteiger charge is 2.30. The van der Waals surface area contributed by atoms with Crippen molar-refractivity contribution in [3.8, 4) is 0 Å². The Kier molecular flexibility index (Phi) is 9.55. The molecule has 9 heteroatoms. The number of rotatable bonds is 9. The van der Waals surface area contributed by atoms with Crippen LogP contribution in [0, 0.1) is 5.92 Å². The molecule has 0 aliphatic rings. The van der Waals surface area contributed by atoms with Gasteiger partial charge in [-0.05, 0) is 40.5 Å². The Labute approximate surface area is 144 Å². The highest BCUT2D eigenvalue weighted by molar-refractivity contribution is 7.53. The van der Waals surface area contributed by atoms with Gasteiger partial charge in [0, 0.05) is 0 Å². The van der Waals surface area contributed by atoms with Gasteiger partial charge in [0.25, 0.3) is 0 Å². The van der Waals surface area contributed by atoms with Crippen LogP contribution in [0.4, 0.5) is 4.79 Å². The summed E-state index contributed by atoms with van der Waals surface area (Å²) in [5, 5.41) is 5.05. The highest BCUT2D eigenvalue weighted by atomic mass is 31.2. The molecule has 0 saturated heterocycles. The van der Waals surface area contributed by atoms with Crippen molar-refractivity contribution in [2.24, 2.45) is 5.92 Å². The third-order valence-corrected chi connectivity index (χ3v) is 4.57. The average Bonchev–Trinajstić information content (AvgIpc) is 2.40. The Bertz CT molecular complexity index is 451. The molecule has 0 heterocycles. The van der Waals surface area contributed by atoms with Gasteiger partial charge in [0.2, 0.25) is 5.91 Å². The number of hydrogen-bond acceptors (Lipinski definition) is 6. The summed E-state index contributed by atoms with van der Waals surface area (Å²) >= 11 is 0. The second-order valence-corrected chi connectivity index (χ2v) is 8.57. The summed E-state index contributed by atoms with van der Waals surface area (Å²) in [5.41, 5.74) is -0.665. The Morgan fingerprint density at radius 3 is 1.96 bits per heavy atom. The molecule has 2 amide bonds. The summed E-state index contributed by atoms with van der Waals surface area (Å²) < 4.78 is 27.7. The molecular weight excluding hydrogens is 335 g/mol. The maximum Gasteiger partial charge on any atom is 0.408 e. The van der Waals surface area contributed by atoms with Gasteiger partial charge in [-0.2, -0.15) is 0 Å². The lowest BCUT2D eigenvalue weighted by atomic mass is 10.0. The molecule has 0 fully saturated rings. The van der Waals surface area contributed by atoms with E-state index in [1.165, 1.54) is 0 Å². The number of hydrogen-bond donors (Lipinski definition) is 2. The van der Waals surface area contributed by atoms with Crippen molar-refractivity contribution >= 4 is 19.6 Å². The molecule has 8 nitrogen and oxygen atoms in total. The van der Waals surface area contributed by atoms with E-state index in [9.17, 15) is 14.2 Å². The quantitative estimate of drug-likeness (QED) is 0.608. The minimum Gasteiger partial charge on any atom is -0.444 e. The van der Waals surface area contributed by atoms with E-state index in [2.05, 4.69) is 10.6 Å². The van der Waals surface area contributed by atoms with E-state index < -0.39 is 31.2 Å². The minimum absolute atomic E-state index is 0.184. The van der Waals surface area contributed by atoms with E-state index in [0.29, 0.717) is 0 Å². The fourth-order valence-corrected chi connectivity index (χ4v) is 3.17. The number of nitrogens with one attached hydrogen (secondary N) is 2. The van der Waals surface area contributed by atoms with Gasteiger partial charge in [0.1, 0.15) is 17.9 Å². The summed E-state index contributed by atoms with van der Waals surface area (Å²) in [4.78, 5) is 24.2. The molecule has 2 N–H and O–H groups in total. The molecule has 0 aliphatic carbocycles.